The molecule has 0 N–H and O–H groups in total. The molecule has 0 saturated carbocycles. The number of benzene rings is 1. The first-order valence-electron chi connectivity index (χ1n) is 5.30. The number of aryl methyl sites for hydroxylation is 1. The van der Waals surface area contributed by atoms with Crippen molar-refractivity contribution in [3.8, 4) is 0 Å². The van der Waals surface area contributed by atoms with E-state index in [0.717, 1.165) is 11.3 Å². The first kappa shape index (κ1) is 10.6. The molecule has 0 bridgehead atoms. The van der Waals surface area contributed by atoms with Gasteiger partial charge in [0.1, 0.15) is 0 Å². The van der Waals surface area contributed by atoms with Crippen molar-refractivity contribution in [2.45, 2.75) is 19.9 Å². The molecule has 0 saturated heterocycles. The fourth-order valence-corrected chi connectivity index (χ4v) is 1.61. The van der Waals surface area contributed by atoms with E-state index in [0.29, 0.717) is 13.0 Å². The Balaban J connectivity index is 1.95. The summed E-state index contributed by atoms with van der Waals surface area (Å²) in [6.45, 7) is 2.26. The number of carbonyl (C=O) groups is 1. The number of hydrogen-bond donors (Lipinski definition) is 0. The molecule has 2 aromatic rings. The van der Waals surface area contributed by atoms with E-state index in [1.165, 1.54) is 0 Å². The molecule has 0 fully saturated rings. The van der Waals surface area contributed by atoms with Gasteiger partial charge in [-0.15, -0.1) is 0 Å². The van der Waals surface area contributed by atoms with E-state index in [4.69, 9.17) is 0 Å². The first-order valence-corrected chi connectivity index (χ1v) is 5.30. The van der Waals surface area contributed by atoms with Crippen molar-refractivity contribution in [3.05, 3.63) is 53.9 Å². The zero-order chi connectivity index (χ0) is 11.4. The molecule has 3 nitrogen and oxygen atoms in total. The summed E-state index contributed by atoms with van der Waals surface area (Å²) in [5.74, 6) is 0.175. The summed E-state index contributed by atoms with van der Waals surface area (Å²) in [5.41, 5.74) is 1.99. The summed E-state index contributed by atoms with van der Waals surface area (Å²) >= 11 is 0. The molecule has 16 heavy (non-hydrogen) atoms. The van der Waals surface area contributed by atoms with Crippen LogP contribution in [0.5, 0.6) is 0 Å². The van der Waals surface area contributed by atoms with Crippen LogP contribution in [-0.4, -0.2) is 15.6 Å². The summed E-state index contributed by atoms with van der Waals surface area (Å²) in [4.78, 5) is 11.7. The average molecular weight is 214 g/mol. The van der Waals surface area contributed by atoms with Crippen LogP contribution >= 0.6 is 0 Å². The van der Waals surface area contributed by atoms with Gasteiger partial charge in [-0.25, -0.2) is 0 Å². The third-order valence-corrected chi connectivity index (χ3v) is 2.36. The van der Waals surface area contributed by atoms with E-state index in [1.54, 1.807) is 4.68 Å². The van der Waals surface area contributed by atoms with Crippen molar-refractivity contribution >= 4 is 5.78 Å². The lowest BCUT2D eigenvalue weighted by atomic mass is 10.1. The quantitative estimate of drug-likeness (QED) is 0.780. The number of ketones is 1. The molecule has 1 aromatic heterocycles. The summed E-state index contributed by atoms with van der Waals surface area (Å²) in [7, 11) is 0. The van der Waals surface area contributed by atoms with Crippen molar-refractivity contribution in [2.75, 3.05) is 0 Å². The van der Waals surface area contributed by atoms with Gasteiger partial charge in [0.15, 0.2) is 5.78 Å². The lowest BCUT2D eigenvalue weighted by Gasteiger charge is -2.01. The Hall–Kier alpha value is -1.90. The molecular formula is C13H14N2O. The maximum Gasteiger partial charge on any atom is 0.158 e. The van der Waals surface area contributed by atoms with Crippen LogP contribution in [-0.2, 0) is 17.8 Å². The molecule has 82 valence electrons. The third-order valence-electron chi connectivity index (χ3n) is 2.36. The lowest BCUT2D eigenvalue weighted by Crippen LogP contribution is -2.13. The van der Waals surface area contributed by atoms with E-state index in [2.05, 4.69) is 5.10 Å². The molecule has 0 radical (unpaired) electrons. The van der Waals surface area contributed by atoms with E-state index in [-0.39, 0.29) is 5.78 Å². The molecule has 3 heteroatoms. The largest absolute Gasteiger partial charge is 0.297 e. The predicted octanol–water partition coefficient (Wildman–Crippen LogP) is 2.00. The normalized spacial score (nSPS) is 10.3. The van der Waals surface area contributed by atoms with Gasteiger partial charge in [-0.1, -0.05) is 30.3 Å². The van der Waals surface area contributed by atoms with E-state index >= 15 is 0 Å². The molecular weight excluding hydrogens is 200 g/mol. The van der Waals surface area contributed by atoms with Gasteiger partial charge in [-0.2, -0.15) is 5.10 Å². The van der Waals surface area contributed by atoms with Crippen molar-refractivity contribution in [1.29, 1.82) is 0 Å². The maximum absolute atomic E-state index is 11.7. The van der Waals surface area contributed by atoms with Crippen LogP contribution in [0.25, 0.3) is 0 Å². The smallest absolute Gasteiger partial charge is 0.158 e. The number of carbonyl (C=O) groups excluding carboxylic acids is 1. The third kappa shape index (κ3) is 2.79. The van der Waals surface area contributed by atoms with Gasteiger partial charge in [0, 0.05) is 12.6 Å². The summed E-state index contributed by atoms with van der Waals surface area (Å²) < 4.78 is 1.68. The average Bonchev–Trinajstić information content (AvgIpc) is 2.65. The zero-order valence-corrected chi connectivity index (χ0v) is 9.26. The van der Waals surface area contributed by atoms with Crippen molar-refractivity contribution in [3.63, 3.8) is 0 Å². The number of nitrogens with zero attached hydrogens (tertiary/aromatic N) is 2. The predicted molar refractivity (Wildman–Crippen MR) is 62.1 cm³/mol. The molecule has 1 aromatic carbocycles. The minimum Gasteiger partial charge on any atom is -0.297 e. The SMILES string of the molecule is Cc1ccn(CC(=O)Cc2ccccc2)n1. The van der Waals surface area contributed by atoms with Gasteiger partial charge in [-0.05, 0) is 18.6 Å². The first-order chi connectivity index (χ1) is 7.74. The lowest BCUT2D eigenvalue weighted by molar-refractivity contribution is -0.119. The number of rotatable bonds is 4. The van der Waals surface area contributed by atoms with Crippen LogP contribution in [0.15, 0.2) is 42.6 Å². The molecule has 1 heterocycles. The summed E-state index contributed by atoms with van der Waals surface area (Å²) in [6.07, 6.45) is 2.30. The maximum atomic E-state index is 11.7. The molecule has 0 aliphatic heterocycles. The fourth-order valence-electron chi connectivity index (χ4n) is 1.61. The molecule has 0 aliphatic carbocycles. The van der Waals surface area contributed by atoms with Crippen LogP contribution in [0.4, 0.5) is 0 Å². The Morgan fingerprint density at radius 1 is 1.25 bits per heavy atom. The van der Waals surface area contributed by atoms with E-state index < -0.39 is 0 Å². The summed E-state index contributed by atoms with van der Waals surface area (Å²) in [5, 5.41) is 4.19. The highest BCUT2D eigenvalue weighted by molar-refractivity contribution is 5.80. The Morgan fingerprint density at radius 3 is 2.62 bits per heavy atom. The Bertz CT molecular complexity index is 474. The van der Waals surface area contributed by atoms with Crippen LogP contribution in [0.1, 0.15) is 11.3 Å². The molecule has 2 rings (SSSR count). The number of hydrogen-bond acceptors (Lipinski definition) is 2. The van der Waals surface area contributed by atoms with Crippen LogP contribution < -0.4 is 0 Å². The second kappa shape index (κ2) is 4.75. The van der Waals surface area contributed by atoms with Gasteiger partial charge in [0.2, 0.25) is 0 Å². The van der Waals surface area contributed by atoms with Crippen molar-refractivity contribution in [1.82, 2.24) is 9.78 Å². The summed E-state index contributed by atoms with van der Waals surface area (Å²) in [6, 6.07) is 11.7. The van der Waals surface area contributed by atoms with Crippen LogP contribution in [0.3, 0.4) is 0 Å². The Kier molecular flexibility index (Phi) is 3.15. The van der Waals surface area contributed by atoms with Gasteiger partial charge < -0.3 is 0 Å². The second-order valence-corrected chi connectivity index (χ2v) is 3.86. The van der Waals surface area contributed by atoms with E-state index in [9.17, 15) is 4.79 Å². The monoisotopic (exact) mass is 214 g/mol. The highest BCUT2D eigenvalue weighted by Gasteiger charge is 2.04. The molecule has 0 spiro atoms. The van der Waals surface area contributed by atoms with Gasteiger partial charge >= 0.3 is 0 Å². The zero-order valence-electron chi connectivity index (χ0n) is 9.26. The molecule has 0 atom stereocenters. The highest BCUT2D eigenvalue weighted by atomic mass is 16.1. The second-order valence-electron chi connectivity index (χ2n) is 3.86. The Labute approximate surface area is 94.7 Å². The molecule has 0 unspecified atom stereocenters. The number of aromatic nitrogens is 2. The fraction of sp³-hybridized carbons (Fsp3) is 0.231. The van der Waals surface area contributed by atoms with Gasteiger partial charge in [0.05, 0.1) is 12.2 Å². The van der Waals surface area contributed by atoms with Crippen LogP contribution in [0.2, 0.25) is 0 Å². The van der Waals surface area contributed by atoms with Gasteiger partial charge in [-0.3, -0.25) is 9.48 Å². The van der Waals surface area contributed by atoms with Crippen LogP contribution in [0, 0.1) is 6.92 Å². The standard InChI is InChI=1S/C13H14N2O/c1-11-7-8-15(14-11)10-13(16)9-12-5-3-2-4-6-12/h2-8H,9-10H2,1H3. The van der Waals surface area contributed by atoms with Gasteiger partial charge in [0.25, 0.3) is 0 Å². The molecule has 0 amide bonds. The van der Waals surface area contributed by atoms with Crippen molar-refractivity contribution < 1.29 is 4.79 Å². The van der Waals surface area contributed by atoms with E-state index in [1.807, 2.05) is 49.5 Å². The Morgan fingerprint density at radius 2 is 2.00 bits per heavy atom. The molecule has 0 aliphatic rings. The topological polar surface area (TPSA) is 34.9 Å². The minimum absolute atomic E-state index is 0.175. The minimum atomic E-state index is 0.175. The highest BCUT2D eigenvalue weighted by Crippen LogP contribution is 2.01. The number of Topliss-reactive ketones (excluding diaryl/α,β-unsaturated/α-hetero) is 1. The van der Waals surface area contributed by atoms with Crippen molar-refractivity contribution in [2.24, 2.45) is 0 Å².